The van der Waals surface area contributed by atoms with E-state index in [2.05, 4.69) is 25.2 Å². The van der Waals surface area contributed by atoms with Crippen molar-refractivity contribution in [3.05, 3.63) is 0 Å². The van der Waals surface area contributed by atoms with Crippen LogP contribution in [0.2, 0.25) is 0 Å². The number of carbonyl (C=O) groups excluding carboxylic acids is 1. The Bertz CT molecular complexity index is 285. The number of carbonyl (C=O) groups is 1. The van der Waals surface area contributed by atoms with E-state index in [9.17, 15) is 4.79 Å². The lowest BCUT2D eigenvalue weighted by molar-refractivity contribution is -0.132. The summed E-state index contributed by atoms with van der Waals surface area (Å²) in [6.45, 7) is 6.04. The van der Waals surface area contributed by atoms with Gasteiger partial charge in [-0.1, -0.05) is 26.7 Å². The minimum Gasteiger partial charge on any atom is -0.340 e. The van der Waals surface area contributed by atoms with Gasteiger partial charge in [0.1, 0.15) is 6.04 Å². The minimum absolute atomic E-state index is 0.0905. The van der Waals surface area contributed by atoms with E-state index in [0.717, 1.165) is 32.1 Å². The van der Waals surface area contributed by atoms with Crippen LogP contribution in [0, 0.1) is 22.7 Å². The molecule has 1 atom stereocenters. The van der Waals surface area contributed by atoms with Crippen LogP contribution in [-0.4, -0.2) is 11.9 Å². The molecule has 1 aliphatic rings. The first-order valence-electron chi connectivity index (χ1n) is 6.21. The van der Waals surface area contributed by atoms with Gasteiger partial charge >= 0.3 is 0 Å². The maximum Gasteiger partial charge on any atom is 0.227 e. The second-order valence-corrected chi connectivity index (χ2v) is 5.41. The standard InChI is InChI=1S/C13H22N2O/c1-10(2)8-13(6-4-5-7-13)12(16)15-11(3)9-14/h10-11H,4-8H2,1-3H3,(H,15,16). The van der Waals surface area contributed by atoms with Crippen molar-refractivity contribution in [1.29, 1.82) is 5.26 Å². The number of hydrogen-bond acceptors (Lipinski definition) is 2. The zero-order valence-electron chi connectivity index (χ0n) is 10.5. The van der Waals surface area contributed by atoms with Crippen LogP contribution in [0.1, 0.15) is 52.9 Å². The summed E-state index contributed by atoms with van der Waals surface area (Å²) in [5.74, 6) is 0.619. The zero-order valence-corrected chi connectivity index (χ0v) is 10.5. The van der Waals surface area contributed by atoms with Crippen molar-refractivity contribution in [3.63, 3.8) is 0 Å². The molecule has 0 aromatic heterocycles. The minimum atomic E-state index is -0.378. The molecule has 1 rings (SSSR count). The molecule has 0 bridgehead atoms. The van der Waals surface area contributed by atoms with Crippen LogP contribution < -0.4 is 5.32 Å². The fourth-order valence-corrected chi connectivity index (χ4v) is 2.74. The Morgan fingerprint density at radius 3 is 2.38 bits per heavy atom. The molecule has 0 spiro atoms. The molecule has 1 unspecified atom stereocenters. The van der Waals surface area contributed by atoms with Gasteiger partial charge in [-0.3, -0.25) is 4.79 Å². The molecule has 0 aliphatic heterocycles. The number of amides is 1. The molecule has 1 aliphatic carbocycles. The molecule has 0 saturated heterocycles. The summed E-state index contributed by atoms with van der Waals surface area (Å²) in [6, 6.07) is 1.68. The average molecular weight is 222 g/mol. The molecule has 16 heavy (non-hydrogen) atoms. The fraction of sp³-hybridized carbons (Fsp3) is 0.846. The van der Waals surface area contributed by atoms with Gasteiger partial charge in [-0.05, 0) is 32.1 Å². The summed E-state index contributed by atoms with van der Waals surface area (Å²) >= 11 is 0. The van der Waals surface area contributed by atoms with E-state index in [0.29, 0.717) is 5.92 Å². The van der Waals surface area contributed by atoms with Gasteiger partial charge in [0, 0.05) is 5.41 Å². The topological polar surface area (TPSA) is 52.9 Å². The highest BCUT2D eigenvalue weighted by Crippen LogP contribution is 2.43. The maximum atomic E-state index is 12.2. The van der Waals surface area contributed by atoms with Crippen LogP contribution in [0.25, 0.3) is 0 Å². The number of nitriles is 1. The smallest absolute Gasteiger partial charge is 0.227 e. The van der Waals surface area contributed by atoms with Crippen molar-refractivity contribution in [2.45, 2.75) is 58.9 Å². The third-order valence-electron chi connectivity index (χ3n) is 3.38. The summed E-state index contributed by atoms with van der Waals surface area (Å²) in [7, 11) is 0. The van der Waals surface area contributed by atoms with E-state index in [-0.39, 0.29) is 17.4 Å². The summed E-state index contributed by atoms with van der Waals surface area (Å²) in [4.78, 5) is 12.2. The fourth-order valence-electron chi connectivity index (χ4n) is 2.74. The normalized spacial score (nSPS) is 20.4. The van der Waals surface area contributed by atoms with Crippen molar-refractivity contribution in [1.82, 2.24) is 5.32 Å². The molecule has 0 aromatic rings. The van der Waals surface area contributed by atoms with Crippen LogP contribution in [0.3, 0.4) is 0 Å². The van der Waals surface area contributed by atoms with E-state index < -0.39 is 0 Å². The second kappa shape index (κ2) is 5.34. The molecule has 3 nitrogen and oxygen atoms in total. The molecule has 1 fully saturated rings. The van der Waals surface area contributed by atoms with Crippen LogP contribution >= 0.6 is 0 Å². The molecule has 1 N–H and O–H groups in total. The van der Waals surface area contributed by atoms with Gasteiger partial charge in [0.05, 0.1) is 6.07 Å². The SMILES string of the molecule is CC(C)CC1(C(=O)NC(C)C#N)CCCC1. The Kier molecular flexibility index (Phi) is 4.35. The Labute approximate surface area is 98.2 Å². The number of hydrogen-bond donors (Lipinski definition) is 1. The highest BCUT2D eigenvalue weighted by Gasteiger charge is 2.41. The van der Waals surface area contributed by atoms with E-state index in [1.807, 2.05) is 0 Å². The van der Waals surface area contributed by atoms with Crippen LogP contribution in [0.15, 0.2) is 0 Å². The van der Waals surface area contributed by atoms with E-state index in [1.54, 1.807) is 6.92 Å². The Balaban J connectivity index is 2.70. The van der Waals surface area contributed by atoms with E-state index >= 15 is 0 Å². The van der Waals surface area contributed by atoms with Crippen molar-refractivity contribution in [2.24, 2.45) is 11.3 Å². The largest absolute Gasteiger partial charge is 0.340 e. The van der Waals surface area contributed by atoms with Gasteiger partial charge in [-0.15, -0.1) is 0 Å². The zero-order chi connectivity index (χ0) is 12.2. The van der Waals surface area contributed by atoms with Gasteiger partial charge < -0.3 is 5.32 Å². The van der Waals surface area contributed by atoms with Gasteiger partial charge in [-0.2, -0.15) is 5.26 Å². The maximum absolute atomic E-state index is 12.2. The lowest BCUT2D eigenvalue weighted by Gasteiger charge is -2.30. The predicted molar refractivity (Wildman–Crippen MR) is 63.6 cm³/mol. The summed E-state index contributed by atoms with van der Waals surface area (Å²) in [5.41, 5.74) is -0.195. The molecule has 90 valence electrons. The molecule has 0 heterocycles. The van der Waals surface area contributed by atoms with Gasteiger partial charge in [-0.25, -0.2) is 0 Å². The molecule has 0 aromatic carbocycles. The lowest BCUT2D eigenvalue weighted by Crippen LogP contribution is -2.43. The molecule has 3 heteroatoms. The molecular weight excluding hydrogens is 200 g/mol. The predicted octanol–water partition coefficient (Wildman–Crippen LogP) is 2.62. The number of nitrogens with one attached hydrogen (secondary N) is 1. The lowest BCUT2D eigenvalue weighted by atomic mass is 9.77. The van der Waals surface area contributed by atoms with E-state index in [1.165, 1.54) is 0 Å². The van der Waals surface area contributed by atoms with Gasteiger partial charge in [0.2, 0.25) is 5.91 Å². The second-order valence-electron chi connectivity index (χ2n) is 5.41. The number of rotatable bonds is 4. The van der Waals surface area contributed by atoms with Crippen LogP contribution in [0.5, 0.6) is 0 Å². The third-order valence-corrected chi connectivity index (χ3v) is 3.38. The van der Waals surface area contributed by atoms with Crippen molar-refractivity contribution in [2.75, 3.05) is 0 Å². The highest BCUT2D eigenvalue weighted by atomic mass is 16.2. The molecule has 1 amide bonds. The summed E-state index contributed by atoms with van der Waals surface area (Å²) < 4.78 is 0. The highest BCUT2D eigenvalue weighted by molar-refractivity contribution is 5.83. The van der Waals surface area contributed by atoms with Gasteiger partial charge in [0.15, 0.2) is 0 Å². The first kappa shape index (κ1) is 13.0. The summed E-state index contributed by atoms with van der Waals surface area (Å²) in [5, 5.41) is 11.5. The first-order valence-corrected chi connectivity index (χ1v) is 6.21. The molecular formula is C13H22N2O. The third kappa shape index (κ3) is 2.98. The van der Waals surface area contributed by atoms with Crippen LogP contribution in [0.4, 0.5) is 0 Å². The van der Waals surface area contributed by atoms with Crippen molar-refractivity contribution >= 4 is 5.91 Å². The molecule has 1 saturated carbocycles. The van der Waals surface area contributed by atoms with Crippen molar-refractivity contribution in [3.8, 4) is 6.07 Å². The Morgan fingerprint density at radius 2 is 1.94 bits per heavy atom. The quantitative estimate of drug-likeness (QED) is 0.795. The Hall–Kier alpha value is -1.04. The van der Waals surface area contributed by atoms with Crippen LogP contribution in [-0.2, 0) is 4.79 Å². The van der Waals surface area contributed by atoms with E-state index in [4.69, 9.17) is 5.26 Å². The first-order chi connectivity index (χ1) is 7.50. The summed E-state index contributed by atoms with van der Waals surface area (Å²) in [6.07, 6.45) is 5.18. The monoisotopic (exact) mass is 222 g/mol. The van der Waals surface area contributed by atoms with Gasteiger partial charge in [0.25, 0.3) is 0 Å². The average Bonchev–Trinajstić information content (AvgIpc) is 2.66. The number of nitrogens with zero attached hydrogens (tertiary/aromatic N) is 1. The molecule has 0 radical (unpaired) electrons. The van der Waals surface area contributed by atoms with Crippen molar-refractivity contribution < 1.29 is 4.79 Å². The Morgan fingerprint density at radius 1 is 1.38 bits per heavy atom.